The quantitative estimate of drug-likeness (QED) is 0.135. The van der Waals surface area contributed by atoms with Crippen molar-refractivity contribution >= 4 is 49.4 Å². The van der Waals surface area contributed by atoms with E-state index >= 15 is 0 Å². The molecule has 8 heteroatoms. The Balaban J connectivity index is 0.000000141. The molecule has 5 heterocycles. The summed E-state index contributed by atoms with van der Waals surface area (Å²) in [4.78, 5) is 23.6. The minimum atomic E-state index is -0.389. The van der Waals surface area contributed by atoms with Crippen LogP contribution in [0.15, 0.2) is 201 Å². The number of hydrogen-bond acceptors (Lipinski definition) is 4. The fraction of sp³-hybridized carbons (Fsp3) is 0. The molecule has 6 aromatic carbocycles. The SMILES string of the molecule is O=[N+]([O-])c1cccnc1-c1ccc2c(c1)c(-c1ccccc1)cn2-c1ccccc1.c1ccc(-c2cn(-c3ccccc3)c3ccc4c5ncccc5[nH]c4c23)cc1. The van der Waals surface area contributed by atoms with Crippen molar-refractivity contribution in [2.75, 3.05) is 0 Å². The molecule has 0 saturated heterocycles. The summed E-state index contributed by atoms with van der Waals surface area (Å²) in [7, 11) is 0. The van der Waals surface area contributed by atoms with Crippen LogP contribution >= 0.6 is 0 Å². The maximum Gasteiger partial charge on any atom is 0.295 e. The Morgan fingerprint density at radius 2 is 1.09 bits per heavy atom. The molecule has 0 atom stereocenters. The van der Waals surface area contributed by atoms with Gasteiger partial charge < -0.3 is 14.1 Å². The number of hydrogen-bond donors (Lipinski definition) is 1. The van der Waals surface area contributed by atoms with E-state index in [1.807, 2.05) is 66.9 Å². The average molecular weight is 751 g/mol. The van der Waals surface area contributed by atoms with E-state index in [2.05, 4.69) is 140 Å². The molecule has 0 amide bonds. The normalized spacial score (nSPS) is 11.2. The van der Waals surface area contributed by atoms with Crippen LogP contribution in [0.25, 0.3) is 88.6 Å². The molecular formula is C50H34N6O2. The summed E-state index contributed by atoms with van der Waals surface area (Å²) in [6, 6.07) is 58.8. The number of aromatic nitrogens is 5. The van der Waals surface area contributed by atoms with Gasteiger partial charge in [0, 0.05) is 75.1 Å². The molecular weight excluding hydrogens is 717 g/mol. The fourth-order valence-corrected chi connectivity index (χ4v) is 7.94. The monoisotopic (exact) mass is 750 g/mol. The van der Waals surface area contributed by atoms with Crippen molar-refractivity contribution in [3.8, 4) is 44.9 Å². The van der Waals surface area contributed by atoms with Gasteiger partial charge in [0.1, 0.15) is 5.69 Å². The molecule has 0 aliphatic carbocycles. The van der Waals surface area contributed by atoms with E-state index in [4.69, 9.17) is 0 Å². The fourth-order valence-electron chi connectivity index (χ4n) is 7.94. The minimum absolute atomic E-state index is 0.000558. The van der Waals surface area contributed by atoms with Gasteiger partial charge in [0.15, 0.2) is 0 Å². The van der Waals surface area contributed by atoms with Crippen LogP contribution in [0.1, 0.15) is 0 Å². The van der Waals surface area contributed by atoms with Crippen LogP contribution in [0.4, 0.5) is 5.69 Å². The first-order valence-corrected chi connectivity index (χ1v) is 19.0. The van der Waals surface area contributed by atoms with Crippen LogP contribution in [0, 0.1) is 10.1 Å². The highest BCUT2D eigenvalue weighted by Crippen LogP contribution is 2.40. The van der Waals surface area contributed by atoms with Gasteiger partial charge in [0.05, 0.1) is 32.5 Å². The highest BCUT2D eigenvalue weighted by molar-refractivity contribution is 6.19. The molecule has 0 spiro atoms. The second kappa shape index (κ2) is 14.5. The first-order chi connectivity index (χ1) is 28.6. The first-order valence-electron chi connectivity index (χ1n) is 19.0. The van der Waals surface area contributed by atoms with Gasteiger partial charge in [-0.1, -0.05) is 103 Å². The number of para-hydroxylation sites is 2. The number of fused-ring (bicyclic) bond motifs is 6. The van der Waals surface area contributed by atoms with Crippen molar-refractivity contribution < 1.29 is 4.92 Å². The molecule has 0 radical (unpaired) electrons. The standard InChI is InChI=1S/C25H17N3O2.C25H17N3/c29-28(30)24-12-7-15-26-25(24)19-13-14-23-21(16-19)22(18-8-3-1-4-9-18)17-27(23)20-10-5-2-6-11-20;1-3-8-17(9-4-1)20-16-28(18-10-5-2-6-11-18)22-14-13-19-24-21(12-7-15-26-24)27-25(19)23(20)22/h1-17H;1-16,27H. The van der Waals surface area contributed by atoms with Crippen LogP contribution in [0.3, 0.4) is 0 Å². The minimum Gasteiger partial charge on any atom is -0.353 e. The summed E-state index contributed by atoms with van der Waals surface area (Å²) in [5.41, 5.74) is 13.3. The zero-order valence-electron chi connectivity index (χ0n) is 31.1. The Morgan fingerprint density at radius 1 is 0.517 bits per heavy atom. The molecule has 0 fully saturated rings. The lowest BCUT2D eigenvalue weighted by molar-refractivity contribution is -0.384. The van der Waals surface area contributed by atoms with Crippen molar-refractivity contribution in [1.29, 1.82) is 0 Å². The maximum absolute atomic E-state index is 11.5. The van der Waals surface area contributed by atoms with E-state index in [0.29, 0.717) is 5.69 Å². The molecule has 11 aromatic rings. The summed E-state index contributed by atoms with van der Waals surface area (Å²) >= 11 is 0. The Hall–Kier alpha value is -8.10. The predicted molar refractivity (Wildman–Crippen MR) is 234 cm³/mol. The van der Waals surface area contributed by atoms with Crippen LogP contribution in [-0.2, 0) is 0 Å². The first kappa shape index (κ1) is 34.4. The largest absolute Gasteiger partial charge is 0.353 e. The van der Waals surface area contributed by atoms with Gasteiger partial charge in [-0.2, -0.15) is 0 Å². The molecule has 1 N–H and O–H groups in total. The highest BCUT2D eigenvalue weighted by Gasteiger charge is 2.20. The van der Waals surface area contributed by atoms with Gasteiger partial charge in [-0.25, -0.2) is 4.98 Å². The van der Waals surface area contributed by atoms with E-state index in [9.17, 15) is 10.1 Å². The number of benzene rings is 6. The van der Waals surface area contributed by atoms with Gasteiger partial charge >= 0.3 is 0 Å². The van der Waals surface area contributed by atoms with Crippen LogP contribution in [0.2, 0.25) is 0 Å². The van der Waals surface area contributed by atoms with Crippen molar-refractivity contribution in [2.45, 2.75) is 0 Å². The Morgan fingerprint density at radius 3 is 1.76 bits per heavy atom. The molecule has 0 saturated carbocycles. The number of H-pyrrole nitrogens is 1. The summed E-state index contributed by atoms with van der Waals surface area (Å²) < 4.78 is 4.42. The number of nitrogens with one attached hydrogen (secondary N) is 1. The van der Waals surface area contributed by atoms with Crippen molar-refractivity contribution in [3.63, 3.8) is 0 Å². The number of rotatable bonds is 6. The summed E-state index contributed by atoms with van der Waals surface area (Å²) in [6.07, 6.45) is 7.80. The smallest absolute Gasteiger partial charge is 0.295 e. The number of aromatic amines is 1. The van der Waals surface area contributed by atoms with Crippen molar-refractivity contribution in [3.05, 3.63) is 211 Å². The summed E-state index contributed by atoms with van der Waals surface area (Å²) in [6.45, 7) is 0. The lowest BCUT2D eigenvalue weighted by Crippen LogP contribution is -1.94. The van der Waals surface area contributed by atoms with Gasteiger partial charge in [0.25, 0.3) is 5.69 Å². The predicted octanol–water partition coefficient (Wildman–Crippen LogP) is 12.6. The third-order valence-electron chi connectivity index (χ3n) is 10.6. The molecule has 11 rings (SSSR count). The van der Waals surface area contributed by atoms with Crippen molar-refractivity contribution in [1.82, 2.24) is 24.1 Å². The molecule has 8 nitrogen and oxygen atoms in total. The maximum atomic E-state index is 11.5. The van der Waals surface area contributed by atoms with Crippen LogP contribution < -0.4 is 0 Å². The van der Waals surface area contributed by atoms with Gasteiger partial charge in [-0.3, -0.25) is 15.1 Å². The molecule has 0 aliphatic rings. The topological polar surface area (TPSA) is 94.6 Å². The van der Waals surface area contributed by atoms with E-state index in [1.165, 1.54) is 28.1 Å². The molecule has 0 aliphatic heterocycles. The highest BCUT2D eigenvalue weighted by atomic mass is 16.6. The van der Waals surface area contributed by atoms with E-state index in [-0.39, 0.29) is 10.6 Å². The Bertz CT molecular complexity index is 3240. The second-order valence-corrected chi connectivity index (χ2v) is 14.0. The van der Waals surface area contributed by atoms with E-state index in [0.717, 1.165) is 60.9 Å². The molecule has 276 valence electrons. The average Bonchev–Trinajstić information content (AvgIpc) is 4.00. The number of nitrogens with zero attached hydrogens (tertiary/aromatic N) is 5. The Kier molecular flexibility index (Phi) is 8.61. The number of nitro groups is 1. The van der Waals surface area contributed by atoms with Crippen molar-refractivity contribution in [2.24, 2.45) is 0 Å². The zero-order chi connectivity index (χ0) is 39.0. The lowest BCUT2D eigenvalue weighted by Gasteiger charge is -2.06. The third-order valence-corrected chi connectivity index (χ3v) is 10.6. The lowest BCUT2D eigenvalue weighted by atomic mass is 10.0. The van der Waals surface area contributed by atoms with E-state index < -0.39 is 0 Å². The summed E-state index contributed by atoms with van der Waals surface area (Å²) in [5, 5.41) is 14.9. The van der Waals surface area contributed by atoms with Crippen LogP contribution in [0.5, 0.6) is 0 Å². The molecule has 58 heavy (non-hydrogen) atoms. The van der Waals surface area contributed by atoms with Gasteiger partial charge in [-0.15, -0.1) is 0 Å². The Labute approximate surface area is 333 Å². The second-order valence-electron chi connectivity index (χ2n) is 14.0. The summed E-state index contributed by atoms with van der Waals surface area (Å²) in [5.74, 6) is 0. The van der Waals surface area contributed by atoms with E-state index in [1.54, 1.807) is 12.3 Å². The molecule has 0 unspecified atom stereocenters. The molecule has 5 aromatic heterocycles. The number of pyridine rings is 2. The zero-order valence-corrected chi connectivity index (χ0v) is 31.1. The van der Waals surface area contributed by atoms with Crippen LogP contribution in [-0.4, -0.2) is 29.0 Å². The third kappa shape index (κ3) is 6.06. The van der Waals surface area contributed by atoms with Gasteiger partial charge in [-0.05, 0) is 77.9 Å². The van der Waals surface area contributed by atoms with Gasteiger partial charge in [0.2, 0.25) is 0 Å². The molecule has 0 bridgehead atoms.